The number of nitrogens with one attached hydrogen (secondary N) is 8. The average molecular weight is 905 g/mol. The number of amides is 4. The topological polar surface area (TPSA) is 180 Å². The molecule has 0 fully saturated rings. The predicted octanol–water partition coefficient (Wildman–Crippen LogP) is 11.2. The molecule has 0 unspecified atom stereocenters. The summed E-state index contributed by atoms with van der Waals surface area (Å²) in [6.07, 6.45) is -1.40. The first-order chi connectivity index (χ1) is 27.3. The number of hydrogen-bond donors (Lipinski definition) is 8. The molecule has 8 aromatic rings. The van der Waals surface area contributed by atoms with Crippen molar-refractivity contribution in [1.29, 1.82) is 0 Å². The van der Waals surface area contributed by atoms with Crippen LogP contribution in [0.5, 0.6) is 0 Å². The van der Waals surface area contributed by atoms with Crippen molar-refractivity contribution in [2.24, 2.45) is 5.41 Å². The largest absolute Gasteiger partial charge is 0.337 e. The highest BCUT2D eigenvalue weighted by Crippen LogP contribution is 2.38. The normalized spacial score (nSPS) is 11.6. The average Bonchev–Trinajstić information content (AvgIpc) is 3.89. The molecule has 4 aromatic heterocycles. The van der Waals surface area contributed by atoms with Crippen LogP contribution in [0.25, 0.3) is 40.9 Å². The fraction of sp³-hybridized carbons (Fsp3) is 0.135. The van der Waals surface area contributed by atoms with Gasteiger partial charge in [0.25, 0.3) is 0 Å². The van der Waals surface area contributed by atoms with Crippen LogP contribution in [0.3, 0.4) is 0 Å². The number of fused-ring (bicyclic) bond motifs is 4. The number of aromatic nitrogens is 4. The molecule has 288 valence electrons. The van der Waals surface area contributed by atoms with E-state index in [9.17, 15) is 19.2 Å². The van der Waals surface area contributed by atoms with Crippen molar-refractivity contribution in [3.63, 3.8) is 0 Å². The Morgan fingerprint density at radius 1 is 0.421 bits per heavy atom. The van der Waals surface area contributed by atoms with Gasteiger partial charge in [0.15, 0.2) is 15.8 Å². The van der Waals surface area contributed by atoms with Crippen LogP contribution >= 0.6 is 94.2 Å². The first kappa shape index (κ1) is 39.0. The summed E-state index contributed by atoms with van der Waals surface area (Å²) >= 11 is 26.6. The SMILES string of the molecule is O=C(CC(CC(=O)Nc1ccc2[nH]c(=S)sc2c1)(CC(=O)Nc1ccc2[nH]c(=S)sc2c1)CC(=O)Nc1ccc2[nH]c(=S)sc2c1)Nc1ccc2[nH]c(=S)sc2c1. The zero-order valence-electron chi connectivity index (χ0n) is 29.2. The smallest absolute Gasteiger partial charge is 0.224 e. The van der Waals surface area contributed by atoms with Crippen molar-refractivity contribution in [1.82, 2.24) is 19.9 Å². The molecule has 4 aromatic carbocycles. The van der Waals surface area contributed by atoms with Crippen molar-refractivity contribution in [3.05, 3.63) is 88.6 Å². The van der Waals surface area contributed by atoms with Gasteiger partial charge in [0, 0.05) is 53.8 Å². The number of rotatable bonds is 12. The Bertz CT molecular complexity index is 2720. The van der Waals surface area contributed by atoms with E-state index in [2.05, 4.69) is 41.2 Å². The molecule has 0 radical (unpaired) electrons. The Morgan fingerprint density at radius 3 is 0.877 bits per heavy atom. The molecule has 4 amide bonds. The molecule has 0 aliphatic rings. The van der Waals surface area contributed by atoms with E-state index in [0.717, 1.165) is 40.9 Å². The minimum Gasteiger partial charge on any atom is -0.337 e. The summed E-state index contributed by atoms with van der Waals surface area (Å²) in [5, 5.41) is 11.7. The molecule has 0 bridgehead atoms. The summed E-state index contributed by atoms with van der Waals surface area (Å²) in [6, 6.07) is 21.4. The molecule has 4 heterocycles. The predicted molar refractivity (Wildman–Crippen MR) is 243 cm³/mol. The van der Waals surface area contributed by atoms with Crippen LogP contribution in [0.2, 0.25) is 0 Å². The second-order valence-corrected chi connectivity index (χ2v) is 20.2. The molecule has 8 N–H and O–H groups in total. The molecule has 8 rings (SSSR count). The lowest BCUT2D eigenvalue weighted by Gasteiger charge is -2.32. The summed E-state index contributed by atoms with van der Waals surface area (Å²) in [4.78, 5) is 68.7. The van der Waals surface area contributed by atoms with E-state index in [4.69, 9.17) is 48.9 Å². The lowest BCUT2D eigenvalue weighted by atomic mass is 9.74. The fourth-order valence-electron chi connectivity index (χ4n) is 6.65. The first-order valence-corrected chi connectivity index (χ1v) is 21.9. The molecule has 0 saturated carbocycles. The maximum Gasteiger partial charge on any atom is 0.224 e. The van der Waals surface area contributed by atoms with Crippen LogP contribution in [-0.4, -0.2) is 43.6 Å². The highest BCUT2D eigenvalue weighted by Gasteiger charge is 2.40. The van der Waals surface area contributed by atoms with Gasteiger partial charge in [0.1, 0.15) is 0 Å². The third kappa shape index (κ3) is 9.34. The number of carbonyl (C=O) groups is 4. The van der Waals surface area contributed by atoms with Crippen LogP contribution in [0, 0.1) is 21.2 Å². The van der Waals surface area contributed by atoms with Gasteiger partial charge in [-0.3, -0.25) is 19.2 Å². The van der Waals surface area contributed by atoms with E-state index in [1.54, 1.807) is 48.5 Å². The van der Waals surface area contributed by atoms with Gasteiger partial charge in [-0.15, -0.1) is 45.3 Å². The van der Waals surface area contributed by atoms with Crippen molar-refractivity contribution >= 4 is 181 Å². The number of H-pyrrole nitrogens is 4. The molecule has 0 spiro atoms. The van der Waals surface area contributed by atoms with E-state index < -0.39 is 29.0 Å². The monoisotopic (exact) mass is 904 g/mol. The van der Waals surface area contributed by atoms with Crippen LogP contribution in [0.15, 0.2) is 72.8 Å². The fourth-order valence-corrected chi connectivity index (χ4v) is 11.3. The summed E-state index contributed by atoms with van der Waals surface area (Å²) in [5.74, 6) is -1.95. The number of anilines is 4. The Morgan fingerprint density at radius 2 is 0.649 bits per heavy atom. The number of thiazole rings is 4. The highest BCUT2D eigenvalue weighted by molar-refractivity contribution is 7.74. The van der Waals surface area contributed by atoms with Gasteiger partial charge >= 0.3 is 0 Å². The Hall–Kier alpha value is -4.80. The van der Waals surface area contributed by atoms with Crippen LogP contribution in [0.4, 0.5) is 22.7 Å². The molecule has 12 nitrogen and oxygen atoms in total. The minimum absolute atomic E-state index is 0.350. The second-order valence-electron chi connectivity index (χ2n) is 13.3. The van der Waals surface area contributed by atoms with Crippen LogP contribution in [-0.2, 0) is 19.2 Å². The molecule has 20 heteroatoms. The number of benzene rings is 4. The Kier molecular flexibility index (Phi) is 11.1. The van der Waals surface area contributed by atoms with Gasteiger partial charge in [-0.05, 0) is 122 Å². The van der Waals surface area contributed by atoms with Gasteiger partial charge in [-0.2, -0.15) is 0 Å². The first-order valence-electron chi connectivity index (χ1n) is 17.0. The Balaban J connectivity index is 1.12. The summed E-state index contributed by atoms with van der Waals surface area (Å²) < 4.78 is 5.76. The lowest BCUT2D eigenvalue weighted by Crippen LogP contribution is -2.38. The number of carbonyl (C=O) groups excluding carboxylic acids is 4. The summed E-state index contributed by atoms with van der Waals surface area (Å²) in [6.45, 7) is 0. The molecular weight excluding hydrogens is 877 g/mol. The summed E-state index contributed by atoms with van der Waals surface area (Å²) in [7, 11) is 0. The van der Waals surface area contributed by atoms with Crippen molar-refractivity contribution in [2.45, 2.75) is 25.7 Å². The molecule has 0 saturated heterocycles. The molecule has 0 atom stereocenters. The lowest BCUT2D eigenvalue weighted by molar-refractivity contribution is -0.127. The van der Waals surface area contributed by atoms with E-state index in [0.29, 0.717) is 38.6 Å². The van der Waals surface area contributed by atoms with E-state index in [1.807, 2.05) is 24.3 Å². The van der Waals surface area contributed by atoms with Gasteiger partial charge in [-0.1, -0.05) is 0 Å². The summed E-state index contributed by atoms with van der Waals surface area (Å²) in [5.41, 5.74) is 3.80. The standard InChI is InChI=1S/C37H28N8O4S8/c46-29(38-17-1-5-21-25(9-17)54-33(50)42-21)13-37(14-30(47)39-18-2-6-22-26(10-18)55-34(51)43-22,15-31(48)40-19-3-7-23-27(11-19)56-35(52)44-23)16-32(49)41-20-4-8-24-28(12-20)57-36(53)45-24/h1-12H,13-16H2,(H,38,46)(H,39,47)(H,40,48)(H,41,49)(H,42,50)(H,43,51)(H,44,52)(H,45,53). The van der Waals surface area contributed by atoms with E-state index in [-0.39, 0.29) is 25.7 Å². The molecular formula is C37H28N8O4S8. The maximum absolute atomic E-state index is 14.1. The second kappa shape index (κ2) is 16.2. The van der Waals surface area contributed by atoms with Gasteiger partial charge in [0.2, 0.25) is 23.6 Å². The third-order valence-electron chi connectivity index (χ3n) is 8.96. The Labute approximate surface area is 358 Å². The van der Waals surface area contributed by atoms with E-state index in [1.165, 1.54) is 45.3 Å². The molecule has 57 heavy (non-hydrogen) atoms. The third-order valence-corrected chi connectivity index (χ3v) is 13.8. The molecule has 0 aliphatic heterocycles. The number of hydrogen-bond acceptors (Lipinski definition) is 12. The van der Waals surface area contributed by atoms with Gasteiger partial charge < -0.3 is 41.2 Å². The quantitative estimate of drug-likeness (QED) is 0.0558. The number of aromatic amines is 4. The van der Waals surface area contributed by atoms with Crippen molar-refractivity contribution in [2.75, 3.05) is 21.3 Å². The minimum atomic E-state index is -1.51. The van der Waals surface area contributed by atoms with Gasteiger partial charge in [0.05, 0.1) is 40.9 Å². The van der Waals surface area contributed by atoms with Gasteiger partial charge in [-0.25, -0.2) is 0 Å². The zero-order chi connectivity index (χ0) is 39.8. The van der Waals surface area contributed by atoms with E-state index >= 15 is 0 Å². The molecule has 0 aliphatic carbocycles. The van der Waals surface area contributed by atoms with Crippen molar-refractivity contribution in [3.8, 4) is 0 Å². The van der Waals surface area contributed by atoms with Crippen molar-refractivity contribution < 1.29 is 19.2 Å². The van der Waals surface area contributed by atoms with Crippen LogP contribution in [0.1, 0.15) is 25.7 Å². The highest BCUT2D eigenvalue weighted by atomic mass is 32.2. The van der Waals surface area contributed by atoms with Crippen LogP contribution < -0.4 is 21.3 Å². The maximum atomic E-state index is 14.1. The zero-order valence-corrected chi connectivity index (χ0v) is 35.7.